The average molecular weight is 426 g/mol. The molecule has 2 aliphatic carbocycles. The molecule has 0 bridgehead atoms. The van der Waals surface area contributed by atoms with E-state index < -0.39 is 0 Å². The molecule has 2 saturated heterocycles. The SMILES string of the molecule is C=CC(=O)N1CC2(CCN(c3cc(-c4c(C)ccc5[nH]ncc45)c4c(n3)[C@@H]3C[C@H]3C4)C2)C1. The van der Waals surface area contributed by atoms with E-state index in [1.54, 1.807) is 0 Å². The zero-order chi connectivity index (χ0) is 21.6. The number of H-pyrrole nitrogens is 1. The molecule has 0 radical (unpaired) electrons. The van der Waals surface area contributed by atoms with Gasteiger partial charge in [0.05, 0.1) is 17.4 Å². The first-order valence-corrected chi connectivity index (χ1v) is 11.7. The van der Waals surface area contributed by atoms with E-state index in [4.69, 9.17) is 4.98 Å². The zero-order valence-electron chi connectivity index (χ0n) is 18.4. The lowest BCUT2D eigenvalue weighted by atomic mass is 9.79. The summed E-state index contributed by atoms with van der Waals surface area (Å²) in [6.07, 6.45) is 6.95. The fourth-order valence-corrected chi connectivity index (χ4v) is 6.48. The van der Waals surface area contributed by atoms with Crippen LogP contribution < -0.4 is 4.90 Å². The van der Waals surface area contributed by atoms with Crippen LogP contribution in [0.2, 0.25) is 0 Å². The molecule has 32 heavy (non-hydrogen) atoms. The Bertz CT molecular complexity index is 1300. The molecule has 7 rings (SSSR count). The molecule has 1 amide bonds. The van der Waals surface area contributed by atoms with Crippen LogP contribution in [0.5, 0.6) is 0 Å². The monoisotopic (exact) mass is 425 g/mol. The summed E-state index contributed by atoms with van der Waals surface area (Å²) in [7, 11) is 0. The van der Waals surface area contributed by atoms with Crippen molar-refractivity contribution < 1.29 is 4.79 Å². The van der Waals surface area contributed by atoms with Gasteiger partial charge in [-0.05, 0) is 72.6 Å². The summed E-state index contributed by atoms with van der Waals surface area (Å²) >= 11 is 0. The van der Waals surface area contributed by atoms with Crippen molar-refractivity contribution in [2.75, 3.05) is 31.1 Å². The number of aryl methyl sites for hydroxylation is 1. The van der Waals surface area contributed by atoms with Gasteiger partial charge < -0.3 is 9.80 Å². The number of rotatable bonds is 3. The summed E-state index contributed by atoms with van der Waals surface area (Å²) in [5.41, 5.74) is 8.02. The molecular formula is C26H27N5O. The van der Waals surface area contributed by atoms with Gasteiger partial charge in [-0.2, -0.15) is 5.10 Å². The number of likely N-dealkylation sites (tertiary alicyclic amines) is 1. The Labute approximate surface area is 187 Å². The Morgan fingerprint density at radius 3 is 3.03 bits per heavy atom. The molecule has 6 heteroatoms. The van der Waals surface area contributed by atoms with Crippen molar-refractivity contribution >= 4 is 22.6 Å². The Kier molecular flexibility index (Phi) is 3.58. The highest BCUT2D eigenvalue weighted by molar-refractivity contribution is 5.97. The lowest BCUT2D eigenvalue weighted by Gasteiger charge is -2.47. The fourth-order valence-electron chi connectivity index (χ4n) is 6.48. The van der Waals surface area contributed by atoms with Gasteiger partial charge in [0, 0.05) is 42.9 Å². The second kappa shape index (κ2) is 6.21. The van der Waals surface area contributed by atoms with Crippen molar-refractivity contribution in [1.82, 2.24) is 20.1 Å². The van der Waals surface area contributed by atoms with Crippen molar-refractivity contribution in [3.05, 3.63) is 53.9 Å². The third-order valence-electron chi connectivity index (χ3n) is 8.29. The fraction of sp³-hybridized carbons (Fsp3) is 0.423. The number of aromatic nitrogens is 3. The second-order valence-electron chi connectivity index (χ2n) is 10.4. The van der Waals surface area contributed by atoms with E-state index in [2.05, 4.69) is 46.8 Å². The number of nitrogens with zero attached hydrogens (tertiary/aromatic N) is 4. The van der Waals surface area contributed by atoms with E-state index in [1.807, 2.05) is 11.1 Å². The lowest BCUT2D eigenvalue weighted by Crippen LogP contribution is -2.59. The Morgan fingerprint density at radius 2 is 2.19 bits per heavy atom. The molecule has 3 fully saturated rings. The van der Waals surface area contributed by atoms with Crippen molar-refractivity contribution in [3.63, 3.8) is 0 Å². The number of amides is 1. The number of pyridine rings is 1. The number of benzene rings is 1. The minimum atomic E-state index is 0.0514. The number of carbonyl (C=O) groups excluding carboxylic acids is 1. The lowest BCUT2D eigenvalue weighted by molar-refractivity contribution is -0.136. The van der Waals surface area contributed by atoms with Crippen LogP contribution in [-0.2, 0) is 11.2 Å². The van der Waals surface area contributed by atoms with E-state index in [9.17, 15) is 4.79 Å². The Morgan fingerprint density at radius 1 is 1.31 bits per heavy atom. The molecule has 4 aliphatic rings. The molecule has 1 spiro atoms. The molecule has 0 unspecified atom stereocenters. The highest BCUT2D eigenvalue weighted by Crippen LogP contribution is 2.58. The van der Waals surface area contributed by atoms with Crippen molar-refractivity contribution in [3.8, 4) is 11.1 Å². The van der Waals surface area contributed by atoms with Crippen molar-refractivity contribution in [2.45, 2.75) is 32.1 Å². The van der Waals surface area contributed by atoms with E-state index in [1.165, 1.54) is 45.8 Å². The maximum absolute atomic E-state index is 11.9. The molecule has 1 N–H and O–H groups in total. The van der Waals surface area contributed by atoms with Crippen LogP contribution in [0.15, 0.2) is 37.1 Å². The Hall–Kier alpha value is -3.15. The van der Waals surface area contributed by atoms with Gasteiger partial charge in [-0.15, -0.1) is 0 Å². The number of hydrogen-bond acceptors (Lipinski definition) is 4. The van der Waals surface area contributed by atoms with E-state index in [0.717, 1.165) is 56.3 Å². The number of carbonyl (C=O) groups is 1. The van der Waals surface area contributed by atoms with Gasteiger partial charge in [-0.25, -0.2) is 4.98 Å². The van der Waals surface area contributed by atoms with Crippen LogP contribution in [0.1, 0.15) is 35.6 Å². The van der Waals surface area contributed by atoms with Gasteiger partial charge in [-0.3, -0.25) is 9.89 Å². The van der Waals surface area contributed by atoms with Crippen LogP contribution in [0, 0.1) is 18.3 Å². The normalized spacial score (nSPS) is 24.5. The van der Waals surface area contributed by atoms with Gasteiger partial charge in [0.1, 0.15) is 5.82 Å². The summed E-state index contributed by atoms with van der Waals surface area (Å²) in [4.78, 5) is 21.6. The largest absolute Gasteiger partial charge is 0.356 e. The highest BCUT2D eigenvalue weighted by atomic mass is 16.2. The number of nitrogens with one attached hydrogen (secondary N) is 1. The molecule has 1 saturated carbocycles. The summed E-state index contributed by atoms with van der Waals surface area (Å²) < 4.78 is 0. The van der Waals surface area contributed by atoms with Crippen LogP contribution in [0.4, 0.5) is 5.82 Å². The number of fused-ring (bicyclic) bond motifs is 4. The Balaban J connectivity index is 1.29. The minimum Gasteiger partial charge on any atom is -0.356 e. The van der Waals surface area contributed by atoms with Gasteiger partial charge in [-0.1, -0.05) is 12.6 Å². The minimum absolute atomic E-state index is 0.0514. The molecular weight excluding hydrogens is 398 g/mol. The summed E-state index contributed by atoms with van der Waals surface area (Å²) in [5.74, 6) is 2.59. The summed E-state index contributed by atoms with van der Waals surface area (Å²) in [6, 6.07) is 6.66. The van der Waals surface area contributed by atoms with E-state index >= 15 is 0 Å². The van der Waals surface area contributed by atoms with E-state index in [0.29, 0.717) is 5.92 Å². The first kappa shape index (κ1) is 18.4. The molecule has 4 heterocycles. The third-order valence-corrected chi connectivity index (χ3v) is 8.29. The van der Waals surface area contributed by atoms with Crippen LogP contribution in [0.3, 0.4) is 0 Å². The molecule has 2 aromatic heterocycles. The average Bonchev–Trinajstić information content (AvgIpc) is 3.13. The number of hydrogen-bond donors (Lipinski definition) is 1. The molecule has 1 aromatic carbocycles. The third kappa shape index (κ3) is 2.49. The second-order valence-corrected chi connectivity index (χ2v) is 10.4. The maximum Gasteiger partial charge on any atom is 0.245 e. The van der Waals surface area contributed by atoms with Crippen LogP contribution in [0.25, 0.3) is 22.0 Å². The van der Waals surface area contributed by atoms with E-state index in [-0.39, 0.29) is 11.3 Å². The number of aromatic amines is 1. The molecule has 2 aliphatic heterocycles. The van der Waals surface area contributed by atoms with Crippen molar-refractivity contribution in [2.24, 2.45) is 11.3 Å². The smallest absolute Gasteiger partial charge is 0.245 e. The highest BCUT2D eigenvalue weighted by Gasteiger charge is 2.50. The van der Waals surface area contributed by atoms with Gasteiger partial charge in [0.25, 0.3) is 0 Å². The van der Waals surface area contributed by atoms with Gasteiger partial charge in [0.2, 0.25) is 5.91 Å². The topological polar surface area (TPSA) is 65.1 Å². The number of anilines is 1. The predicted molar refractivity (Wildman–Crippen MR) is 125 cm³/mol. The molecule has 162 valence electrons. The van der Waals surface area contributed by atoms with Gasteiger partial charge >= 0.3 is 0 Å². The van der Waals surface area contributed by atoms with Gasteiger partial charge in [0.15, 0.2) is 0 Å². The van der Waals surface area contributed by atoms with Crippen LogP contribution in [-0.4, -0.2) is 52.2 Å². The first-order valence-electron chi connectivity index (χ1n) is 11.7. The van der Waals surface area contributed by atoms with Crippen LogP contribution >= 0.6 is 0 Å². The quantitative estimate of drug-likeness (QED) is 0.648. The zero-order valence-corrected chi connectivity index (χ0v) is 18.4. The maximum atomic E-state index is 11.9. The molecule has 6 nitrogen and oxygen atoms in total. The van der Waals surface area contributed by atoms with Crippen molar-refractivity contribution in [1.29, 1.82) is 0 Å². The first-order chi connectivity index (χ1) is 15.5. The summed E-state index contributed by atoms with van der Waals surface area (Å²) in [5, 5.41) is 8.66. The predicted octanol–water partition coefficient (Wildman–Crippen LogP) is 3.82. The summed E-state index contributed by atoms with van der Waals surface area (Å²) in [6.45, 7) is 9.49. The molecule has 3 aromatic rings. The molecule has 2 atom stereocenters. The standard InChI is InChI=1S/C26H27N5O/c1-3-23(32)31-13-26(14-31)6-7-30(12-26)22-10-18(19-9-16-8-17(16)25(19)28-22)24-15(2)4-5-21-20(24)11-27-29-21/h3-5,10-11,16-17H,1,6-9,12-14H2,2H3,(H,27,29)/t16-,17+/m0/s1.